The van der Waals surface area contributed by atoms with Crippen molar-refractivity contribution in [3.8, 4) is 11.3 Å². The van der Waals surface area contributed by atoms with Gasteiger partial charge in [-0.1, -0.05) is 17.3 Å². The molecule has 1 N–H and O–H groups in total. The number of likely N-dealkylation sites (tertiary alicyclic amines) is 1. The number of benzene rings is 1. The zero-order chi connectivity index (χ0) is 18.1. The van der Waals surface area contributed by atoms with Crippen molar-refractivity contribution < 1.29 is 18.5 Å². The highest BCUT2D eigenvalue weighted by atomic mass is 19.1. The molecule has 1 aromatic carbocycles. The lowest BCUT2D eigenvalue weighted by Gasteiger charge is -2.31. The van der Waals surface area contributed by atoms with Crippen molar-refractivity contribution in [2.24, 2.45) is 5.92 Å². The number of rotatable bonds is 4. The van der Waals surface area contributed by atoms with Gasteiger partial charge in [-0.15, -0.1) is 0 Å². The van der Waals surface area contributed by atoms with Gasteiger partial charge in [-0.3, -0.25) is 9.59 Å². The number of hydrogen-bond donors (Lipinski definition) is 1. The molecule has 2 aliphatic rings. The molecule has 1 aliphatic heterocycles. The van der Waals surface area contributed by atoms with E-state index in [9.17, 15) is 14.0 Å². The summed E-state index contributed by atoms with van der Waals surface area (Å²) in [5.41, 5.74) is 0.994. The van der Waals surface area contributed by atoms with Crippen molar-refractivity contribution in [1.82, 2.24) is 15.4 Å². The number of halogens is 1. The summed E-state index contributed by atoms with van der Waals surface area (Å²) in [4.78, 5) is 26.1. The maximum atomic E-state index is 13.3. The Balaban J connectivity index is 1.36. The Bertz CT molecular complexity index is 823. The van der Waals surface area contributed by atoms with Crippen molar-refractivity contribution >= 4 is 11.8 Å². The SMILES string of the molecule is O=C(NC1CCN(C(=O)c2cc(-c3cccc(F)c3)no2)CC1)C1CC1. The van der Waals surface area contributed by atoms with E-state index in [2.05, 4.69) is 10.5 Å². The van der Waals surface area contributed by atoms with Crippen LogP contribution < -0.4 is 5.32 Å². The van der Waals surface area contributed by atoms with Crippen LogP contribution in [0.3, 0.4) is 0 Å². The predicted molar refractivity (Wildman–Crippen MR) is 91.7 cm³/mol. The molecule has 1 aliphatic carbocycles. The van der Waals surface area contributed by atoms with Crippen LogP contribution in [-0.2, 0) is 4.79 Å². The van der Waals surface area contributed by atoms with Crippen molar-refractivity contribution in [2.45, 2.75) is 31.7 Å². The highest BCUT2D eigenvalue weighted by molar-refractivity contribution is 5.92. The number of piperidine rings is 1. The van der Waals surface area contributed by atoms with Crippen LogP contribution in [0.15, 0.2) is 34.9 Å². The van der Waals surface area contributed by atoms with E-state index in [-0.39, 0.29) is 35.4 Å². The summed E-state index contributed by atoms with van der Waals surface area (Å²) in [5, 5.41) is 6.94. The lowest BCUT2D eigenvalue weighted by Crippen LogP contribution is -2.46. The number of carbonyl (C=O) groups excluding carboxylic acids is 2. The van der Waals surface area contributed by atoms with Crippen LogP contribution in [0.5, 0.6) is 0 Å². The fraction of sp³-hybridized carbons (Fsp3) is 0.421. The minimum atomic E-state index is -0.367. The quantitative estimate of drug-likeness (QED) is 0.913. The van der Waals surface area contributed by atoms with E-state index in [1.807, 2.05) is 0 Å². The molecule has 0 spiro atoms. The van der Waals surface area contributed by atoms with Gasteiger partial charge in [-0.25, -0.2) is 4.39 Å². The van der Waals surface area contributed by atoms with Crippen LogP contribution in [0.1, 0.15) is 36.2 Å². The second kappa shape index (κ2) is 6.90. The summed E-state index contributed by atoms with van der Waals surface area (Å²) in [6.45, 7) is 1.12. The Morgan fingerprint density at radius 2 is 1.92 bits per heavy atom. The zero-order valence-corrected chi connectivity index (χ0v) is 14.3. The maximum Gasteiger partial charge on any atom is 0.292 e. The van der Waals surface area contributed by atoms with Crippen LogP contribution in [0.4, 0.5) is 4.39 Å². The lowest BCUT2D eigenvalue weighted by atomic mass is 10.0. The van der Waals surface area contributed by atoms with Gasteiger partial charge < -0.3 is 14.7 Å². The van der Waals surface area contributed by atoms with E-state index in [0.29, 0.717) is 24.3 Å². The number of carbonyl (C=O) groups is 2. The summed E-state index contributed by atoms with van der Waals surface area (Å²) in [7, 11) is 0. The number of nitrogens with zero attached hydrogens (tertiary/aromatic N) is 2. The fourth-order valence-electron chi connectivity index (χ4n) is 3.21. The molecule has 0 unspecified atom stereocenters. The van der Waals surface area contributed by atoms with E-state index in [1.165, 1.54) is 18.2 Å². The van der Waals surface area contributed by atoms with Crippen molar-refractivity contribution in [3.05, 3.63) is 41.9 Å². The number of nitrogens with one attached hydrogen (secondary N) is 1. The fourth-order valence-corrected chi connectivity index (χ4v) is 3.21. The van der Waals surface area contributed by atoms with Crippen LogP contribution >= 0.6 is 0 Å². The standard InChI is InChI=1S/C19H20FN3O3/c20-14-3-1-2-13(10-14)16-11-17(26-22-16)19(25)23-8-6-15(7-9-23)21-18(24)12-4-5-12/h1-3,10-12,15H,4-9H2,(H,21,24). The van der Waals surface area contributed by atoms with Gasteiger partial charge in [0.1, 0.15) is 11.5 Å². The molecule has 6 nitrogen and oxygen atoms in total. The molecule has 26 heavy (non-hydrogen) atoms. The zero-order valence-electron chi connectivity index (χ0n) is 14.3. The van der Waals surface area contributed by atoms with Crippen LogP contribution in [0, 0.1) is 11.7 Å². The molecule has 4 rings (SSSR count). The molecule has 2 amide bonds. The topological polar surface area (TPSA) is 75.4 Å². The van der Waals surface area contributed by atoms with Crippen LogP contribution in [0.25, 0.3) is 11.3 Å². The Kier molecular flexibility index (Phi) is 4.44. The molecule has 0 atom stereocenters. The molecule has 1 saturated carbocycles. The molecular weight excluding hydrogens is 337 g/mol. The first-order chi connectivity index (χ1) is 12.6. The molecule has 1 saturated heterocycles. The normalized spacial score (nSPS) is 18.0. The third kappa shape index (κ3) is 3.61. The minimum Gasteiger partial charge on any atom is -0.353 e. The van der Waals surface area contributed by atoms with E-state index in [1.54, 1.807) is 17.0 Å². The van der Waals surface area contributed by atoms with E-state index in [0.717, 1.165) is 25.7 Å². The monoisotopic (exact) mass is 357 g/mol. The summed E-state index contributed by atoms with van der Waals surface area (Å²) < 4.78 is 18.5. The average Bonchev–Trinajstić information content (AvgIpc) is 3.39. The highest BCUT2D eigenvalue weighted by Crippen LogP contribution is 2.29. The molecule has 2 fully saturated rings. The predicted octanol–water partition coefficient (Wildman–Crippen LogP) is 2.61. The van der Waals surface area contributed by atoms with Crippen LogP contribution in [-0.4, -0.2) is 41.0 Å². The Labute approximate surface area is 150 Å². The first-order valence-electron chi connectivity index (χ1n) is 8.92. The molecule has 0 bridgehead atoms. The smallest absolute Gasteiger partial charge is 0.292 e. The highest BCUT2D eigenvalue weighted by Gasteiger charge is 2.32. The largest absolute Gasteiger partial charge is 0.353 e. The van der Waals surface area contributed by atoms with Gasteiger partial charge >= 0.3 is 0 Å². The Hall–Kier alpha value is -2.70. The molecule has 136 valence electrons. The average molecular weight is 357 g/mol. The third-order valence-corrected chi connectivity index (χ3v) is 4.92. The van der Waals surface area contributed by atoms with Crippen LogP contribution in [0.2, 0.25) is 0 Å². The van der Waals surface area contributed by atoms with Gasteiger partial charge in [0, 0.05) is 36.7 Å². The maximum absolute atomic E-state index is 13.3. The lowest BCUT2D eigenvalue weighted by molar-refractivity contribution is -0.123. The second-order valence-electron chi connectivity index (χ2n) is 6.94. The van der Waals surface area contributed by atoms with E-state index < -0.39 is 0 Å². The Morgan fingerprint density at radius 3 is 2.62 bits per heavy atom. The van der Waals surface area contributed by atoms with Crippen molar-refractivity contribution in [3.63, 3.8) is 0 Å². The van der Waals surface area contributed by atoms with Gasteiger partial charge in [-0.2, -0.15) is 0 Å². The minimum absolute atomic E-state index is 0.129. The van der Waals surface area contributed by atoms with Crippen molar-refractivity contribution in [1.29, 1.82) is 0 Å². The summed E-state index contributed by atoms with van der Waals surface area (Å²) in [6.07, 6.45) is 3.44. The van der Waals surface area contributed by atoms with Gasteiger partial charge in [-0.05, 0) is 37.8 Å². The molecular formula is C19H20FN3O3. The van der Waals surface area contributed by atoms with E-state index in [4.69, 9.17) is 4.52 Å². The molecule has 2 aromatic rings. The molecule has 1 aromatic heterocycles. The first-order valence-corrected chi connectivity index (χ1v) is 8.92. The third-order valence-electron chi connectivity index (χ3n) is 4.92. The first kappa shape index (κ1) is 16.8. The summed E-state index contributed by atoms with van der Waals surface area (Å²) in [5.74, 6) is -0.111. The van der Waals surface area contributed by atoms with Gasteiger partial charge in [0.15, 0.2) is 0 Å². The molecule has 2 heterocycles. The number of amides is 2. The number of hydrogen-bond acceptors (Lipinski definition) is 4. The van der Waals surface area contributed by atoms with Crippen molar-refractivity contribution in [2.75, 3.05) is 13.1 Å². The summed E-state index contributed by atoms with van der Waals surface area (Å²) >= 11 is 0. The number of aromatic nitrogens is 1. The van der Waals surface area contributed by atoms with Gasteiger partial charge in [0.25, 0.3) is 5.91 Å². The summed E-state index contributed by atoms with van der Waals surface area (Å²) in [6, 6.07) is 7.66. The second-order valence-corrected chi connectivity index (χ2v) is 6.94. The van der Waals surface area contributed by atoms with Gasteiger partial charge in [0.2, 0.25) is 11.7 Å². The Morgan fingerprint density at radius 1 is 1.15 bits per heavy atom. The molecule has 0 radical (unpaired) electrons. The van der Waals surface area contributed by atoms with Gasteiger partial charge in [0.05, 0.1) is 0 Å². The molecule has 7 heteroatoms. The van der Waals surface area contributed by atoms with E-state index >= 15 is 0 Å².